The number of piperidine rings is 1. The predicted molar refractivity (Wildman–Crippen MR) is 74.6 cm³/mol. The van der Waals surface area contributed by atoms with Gasteiger partial charge in [0.05, 0.1) is 5.41 Å². The minimum absolute atomic E-state index is 0.0220. The van der Waals surface area contributed by atoms with Gasteiger partial charge in [0.1, 0.15) is 0 Å². The van der Waals surface area contributed by atoms with Crippen molar-refractivity contribution in [1.82, 2.24) is 10.2 Å². The van der Waals surface area contributed by atoms with Crippen LogP contribution >= 0.6 is 0 Å². The predicted octanol–water partition coefficient (Wildman–Crippen LogP) is 2.08. The molecule has 108 valence electrons. The van der Waals surface area contributed by atoms with Gasteiger partial charge in [0.25, 0.3) is 0 Å². The molecule has 0 saturated carbocycles. The van der Waals surface area contributed by atoms with Gasteiger partial charge in [-0.1, -0.05) is 20.3 Å². The Balaban J connectivity index is 2.04. The molecule has 0 aromatic heterocycles. The number of imide groups is 1. The van der Waals surface area contributed by atoms with Crippen molar-refractivity contribution >= 4 is 11.8 Å². The van der Waals surface area contributed by atoms with E-state index < -0.39 is 5.41 Å². The van der Waals surface area contributed by atoms with Crippen LogP contribution in [0.1, 0.15) is 59.3 Å². The first kappa shape index (κ1) is 14.5. The van der Waals surface area contributed by atoms with E-state index in [9.17, 15) is 9.59 Å². The number of likely N-dealkylation sites (tertiary alicyclic amines) is 1. The molecule has 2 heterocycles. The molecule has 2 aliphatic rings. The lowest BCUT2D eigenvalue weighted by atomic mass is 9.81. The fraction of sp³-hybridized carbons (Fsp3) is 0.867. The Kier molecular flexibility index (Phi) is 4.29. The number of nitrogens with zero attached hydrogens (tertiary/aromatic N) is 1. The molecule has 0 radical (unpaired) electrons. The van der Waals surface area contributed by atoms with Gasteiger partial charge in [0.15, 0.2) is 0 Å². The number of hydrogen-bond acceptors (Lipinski definition) is 3. The largest absolute Gasteiger partial charge is 0.310 e. The molecule has 2 saturated heterocycles. The zero-order valence-electron chi connectivity index (χ0n) is 12.4. The molecule has 2 atom stereocenters. The standard InChI is InChI=1S/C15H26N2O2/c1-4-15(5-2)9-13(18)17(14(15)19)10-12-8-6-7-11(3)16-12/h11-12,16H,4-10H2,1-3H3. The number of carbonyl (C=O) groups is 2. The van der Waals surface area contributed by atoms with E-state index in [1.54, 1.807) is 0 Å². The summed E-state index contributed by atoms with van der Waals surface area (Å²) in [7, 11) is 0. The molecule has 0 spiro atoms. The van der Waals surface area contributed by atoms with Gasteiger partial charge in [-0.05, 0) is 32.6 Å². The van der Waals surface area contributed by atoms with Crippen molar-refractivity contribution in [2.75, 3.05) is 6.54 Å². The highest BCUT2D eigenvalue weighted by atomic mass is 16.2. The van der Waals surface area contributed by atoms with Gasteiger partial charge in [-0.25, -0.2) is 0 Å². The van der Waals surface area contributed by atoms with E-state index in [-0.39, 0.29) is 17.9 Å². The summed E-state index contributed by atoms with van der Waals surface area (Å²) in [6, 6.07) is 0.773. The highest BCUT2D eigenvalue weighted by molar-refractivity contribution is 6.05. The van der Waals surface area contributed by atoms with Crippen molar-refractivity contribution in [2.24, 2.45) is 5.41 Å². The van der Waals surface area contributed by atoms with Crippen LogP contribution in [0.5, 0.6) is 0 Å². The Morgan fingerprint density at radius 2 is 1.95 bits per heavy atom. The number of carbonyl (C=O) groups excluding carboxylic acids is 2. The van der Waals surface area contributed by atoms with E-state index in [4.69, 9.17) is 0 Å². The van der Waals surface area contributed by atoms with Crippen molar-refractivity contribution in [1.29, 1.82) is 0 Å². The van der Waals surface area contributed by atoms with E-state index in [0.29, 0.717) is 19.0 Å². The van der Waals surface area contributed by atoms with Gasteiger partial charge < -0.3 is 5.32 Å². The molecule has 4 nitrogen and oxygen atoms in total. The Labute approximate surface area is 115 Å². The van der Waals surface area contributed by atoms with E-state index in [1.165, 1.54) is 17.7 Å². The molecule has 0 aromatic carbocycles. The summed E-state index contributed by atoms with van der Waals surface area (Å²) in [6.45, 7) is 6.75. The van der Waals surface area contributed by atoms with Crippen LogP contribution in [-0.4, -0.2) is 35.3 Å². The molecule has 0 aliphatic carbocycles. The topological polar surface area (TPSA) is 49.4 Å². The lowest BCUT2D eigenvalue weighted by Gasteiger charge is -2.32. The molecule has 0 aromatic rings. The zero-order valence-corrected chi connectivity index (χ0v) is 12.4. The van der Waals surface area contributed by atoms with Crippen molar-refractivity contribution in [3.05, 3.63) is 0 Å². The third kappa shape index (κ3) is 2.69. The van der Waals surface area contributed by atoms with Crippen LogP contribution in [0.4, 0.5) is 0 Å². The van der Waals surface area contributed by atoms with Crippen molar-refractivity contribution in [3.63, 3.8) is 0 Å². The SMILES string of the molecule is CCC1(CC)CC(=O)N(CC2CCCC(C)N2)C1=O. The van der Waals surface area contributed by atoms with E-state index in [1.807, 2.05) is 13.8 Å². The molecular formula is C15H26N2O2. The second kappa shape index (κ2) is 5.61. The number of amides is 2. The number of nitrogens with one attached hydrogen (secondary N) is 1. The summed E-state index contributed by atoms with van der Waals surface area (Å²) >= 11 is 0. The van der Waals surface area contributed by atoms with Crippen LogP contribution in [0.2, 0.25) is 0 Å². The summed E-state index contributed by atoms with van der Waals surface area (Å²) < 4.78 is 0. The molecule has 4 heteroatoms. The average Bonchev–Trinajstić information content (AvgIpc) is 2.64. The normalized spacial score (nSPS) is 31.0. The van der Waals surface area contributed by atoms with Crippen LogP contribution in [0, 0.1) is 5.41 Å². The minimum atomic E-state index is -0.419. The van der Waals surface area contributed by atoms with E-state index in [0.717, 1.165) is 19.3 Å². The lowest BCUT2D eigenvalue weighted by molar-refractivity contribution is -0.142. The first-order valence-corrected chi connectivity index (χ1v) is 7.63. The smallest absolute Gasteiger partial charge is 0.235 e. The zero-order chi connectivity index (χ0) is 14.0. The summed E-state index contributed by atoms with van der Waals surface area (Å²) in [4.78, 5) is 26.2. The summed E-state index contributed by atoms with van der Waals surface area (Å²) in [5, 5.41) is 3.50. The second-order valence-electron chi connectivity index (χ2n) is 6.17. The van der Waals surface area contributed by atoms with Gasteiger partial charge >= 0.3 is 0 Å². The van der Waals surface area contributed by atoms with Crippen molar-refractivity contribution < 1.29 is 9.59 Å². The van der Waals surface area contributed by atoms with Crippen LogP contribution < -0.4 is 5.32 Å². The van der Waals surface area contributed by atoms with Crippen LogP contribution in [0.15, 0.2) is 0 Å². The highest BCUT2D eigenvalue weighted by Gasteiger charge is 2.49. The third-order valence-electron chi connectivity index (χ3n) is 4.96. The Morgan fingerprint density at radius 3 is 2.47 bits per heavy atom. The maximum atomic E-state index is 12.5. The average molecular weight is 266 g/mol. The minimum Gasteiger partial charge on any atom is -0.310 e. The molecule has 19 heavy (non-hydrogen) atoms. The first-order valence-electron chi connectivity index (χ1n) is 7.63. The maximum Gasteiger partial charge on any atom is 0.235 e. The third-order valence-corrected chi connectivity index (χ3v) is 4.96. The highest BCUT2D eigenvalue weighted by Crippen LogP contribution is 2.39. The molecular weight excluding hydrogens is 240 g/mol. The van der Waals surface area contributed by atoms with Gasteiger partial charge in [-0.3, -0.25) is 14.5 Å². The molecule has 1 N–H and O–H groups in total. The second-order valence-corrected chi connectivity index (χ2v) is 6.17. The summed E-state index contributed by atoms with van der Waals surface area (Å²) in [6.07, 6.45) is 5.36. The fourth-order valence-corrected chi connectivity index (χ4v) is 3.45. The molecule has 0 bridgehead atoms. The van der Waals surface area contributed by atoms with E-state index in [2.05, 4.69) is 12.2 Å². The Morgan fingerprint density at radius 1 is 1.26 bits per heavy atom. The quantitative estimate of drug-likeness (QED) is 0.793. The van der Waals surface area contributed by atoms with Gasteiger partial charge in [0.2, 0.25) is 11.8 Å². The van der Waals surface area contributed by atoms with Crippen LogP contribution in [0.25, 0.3) is 0 Å². The molecule has 2 fully saturated rings. The monoisotopic (exact) mass is 266 g/mol. The summed E-state index contributed by atoms with van der Waals surface area (Å²) in [5.74, 6) is 0.0799. The first-order chi connectivity index (χ1) is 9.02. The van der Waals surface area contributed by atoms with Crippen molar-refractivity contribution in [3.8, 4) is 0 Å². The Hall–Kier alpha value is -0.900. The number of hydrogen-bond donors (Lipinski definition) is 1. The van der Waals surface area contributed by atoms with Crippen LogP contribution in [-0.2, 0) is 9.59 Å². The molecule has 2 amide bonds. The number of rotatable bonds is 4. The molecule has 2 rings (SSSR count). The Bertz CT molecular complexity index is 363. The maximum absolute atomic E-state index is 12.5. The fourth-order valence-electron chi connectivity index (χ4n) is 3.45. The summed E-state index contributed by atoms with van der Waals surface area (Å²) in [5.41, 5.74) is -0.419. The van der Waals surface area contributed by atoms with Crippen molar-refractivity contribution in [2.45, 2.75) is 71.4 Å². The van der Waals surface area contributed by atoms with Gasteiger partial charge in [-0.15, -0.1) is 0 Å². The molecule has 2 aliphatic heterocycles. The van der Waals surface area contributed by atoms with Gasteiger partial charge in [-0.2, -0.15) is 0 Å². The van der Waals surface area contributed by atoms with Gasteiger partial charge in [0, 0.05) is 25.0 Å². The lowest BCUT2D eigenvalue weighted by Crippen LogP contribution is -2.49. The molecule has 2 unspecified atom stereocenters. The van der Waals surface area contributed by atoms with Crippen LogP contribution in [0.3, 0.4) is 0 Å². The van der Waals surface area contributed by atoms with E-state index >= 15 is 0 Å².